The highest BCUT2D eigenvalue weighted by atomic mass is 32.1. The van der Waals surface area contributed by atoms with Gasteiger partial charge in [-0.2, -0.15) is 0 Å². The molecule has 0 fully saturated rings. The molecule has 4 aromatic rings. The average molecular weight is 573 g/mol. The summed E-state index contributed by atoms with van der Waals surface area (Å²) in [5.41, 5.74) is 6.91. The Balaban J connectivity index is 1.96. The van der Waals surface area contributed by atoms with Gasteiger partial charge in [-0.1, -0.05) is 107 Å². The Kier molecular flexibility index (Phi) is 7.65. The summed E-state index contributed by atoms with van der Waals surface area (Å²) in [6, 6.07) is 12.8. The molecule has 2 nitrogen and oxygen atoms in total. The highest BCUT2D eigenvalue weighted by Crippen LogP contribution is 2.49. The van der Waals surface area contributed by atoms with Crippen LogP contribution in [0.5, 0.6) is 11.5 Å². The number of rotatable bonds is 3. The van der Waals surface area contributed by atoms with E-state index in [0.29, 0.717) is 0 Å². The van der Waals surface area contributed by atoms with E-state index < -0.39 is 0 Å². The molecular weight excluding hydrogens is 529 g/mol. The monoisotopic (exact) mass is 572 g/mol. The molecule has 0 saturated carbocycles. The van der Waals surface area contributed by atoms with Gasteiger partial charge in [0.05, 0.1) is 0 Å². The first-order valence-electron chi connectivity index (χ1n) is 14.1. The predicted octanol–water partition coefficient (Wildman–Crippen LogP) is 10.1. The van der Waals surface area contributed by atoms with E-state index in [-0.39, 0.29) is 33.2 Å². The zero-order chi connectivity index (χ0) is 30.0. The van der Waals surface area contributed by atoms with Crippen molar-refractivity contribution in [1.29, 1.82) is 0 Å². The highest BCUT2D eigenvalue weighted by molar-refractivity contribution is 7.15. The van der Waals surface area contributed by atoms with E-state index in [1.165, 1.54) is 20.9 Å². The van der Waals surface area contributed by atoms with Crippen LogP contribution < -0.4 is 10.2 Å². The molecule has 0 N–H and O–H groups in total. The van der Waals surface area contributed by atoms with Crippen molar-refractivity contribution in [2.24, 2.45) is 0 Å². The van der Waals surface area contributed by atoms with Crippen molar-refractivity contribution in [1.82, 2.24) is 0 Å². The maximum Gasteiger partial charge on any atom is 0.0421 e. The Labute approximate surface area is 249 Å². The molecule has 0 aliphatic carbocycles. The quantitative estimate of drug-likeness (QED) is 0.245. The van der Waals surface area contributed by atoms with Gasteiger partial charge in [0, 0.05) is 20.9 Å². The molecular formula is C36H44O2S2-2. The molecule has 2 heterocycles. The third-order valence-corrected chi connectivity index (χ3v) is 9.48. The van der Waals surface area contributed by atoms with Crippen LogP contribution in [0.25, 0.3) is 32.0 Å². The second-order valence-corrected chi connectivity index (χ2v) is 17.0. The van der Waals surface area contributed by atoms with E-state index >= 15 is 0 Å². The van der Waals surface area contributed by atoms with E-state index in [4.69, 9.17) is 0 Å². The first kappa shape index (κ1) is 30.4. The van der Waals surface area contributed by atoms with Gasteiger partial charge in [0.1, 0.15) is 0 Å². The van der Waals surface area contributed by atoms with E-state index in [2.05, 4.69) is 130 Å². The number of benzene rings is 2. The van der Waals surface area contributed by atoms with Crippen LogP contribution in [0.15, 0.2) is 47.2 Å². The van der Waals surface area contributed by atoms with Crippen LogP contribution in [0.4, 0.5) is 0 Å². The SMILES string of the molecule is CC(C)(C)c1cc(-c2sccc2-c2ccsc2-c2cc(C(C)(C)C)c([O-])c(C(C)(C)C)c2)cc(C(C)(C)C)c1[O-]. The third-order valence-electron chi connectivity index (χ3n) is 7.55. The van der Waals surface area contributed by atoms with Crippen LogP contribution in [0.2, 0.25) is 0 Å². The van der Waals surface area contributed by atoms with Gasteiger partial charge in [0.15, 0.2) is 0 Å². The molecule has 0 radical (unpaired) electrons. The zero-order valence-corrected chi connectivity index (χ0v) is 27.9. The maximum absolute atomic E-state index is 13.6. The summed E-state index contributed by atoms with van der Waals surface area (Å²) in [4.78, 5) is 2.34. The van der Waals surface area contributed by atoms with Gasteiger partial charge in [-0.25, -0.2) is 0 Å². The number of hydrogen-bond acceptors (Lipinski definition) is 4. The molecule has 40 heavy (non-hydrogen) atoms. The van der Waals surface area contributed by atoms with Gasteiger partial charge in [-0.05, 0) is 77.9 Å². The molecule has 0 aliphatic rings. The zero-order valence-electron chi connectivity index (χ0n) is 26.3. The van der Waals surface area contributed by atoms with E-state index in [1.54, 1.807) is 22.7 Å². The van der Waals surface area contributed by atoms with Crippen molar-refractivity contribution in [2.75, 3.05) is 0 Å². The Bertz CT molecular complexity index is 1350. The normalized spacial score (nSPS) is 13.2. The molecule has 0 atom stereocenters. The second kappa shape index (κ2) is 10.1. The topological polar surface area (TPSA) is 46.1 Å². The fraction of sp³-hybridized carbons (Fsp3) is 0.444. The summed E-state index contributed by atoms with van der Waals surface area (Å²) >= 11 is 3.44. The Hall–Kier alpha value is -2.56. The fourth-order valence-electron chi connectivity index (χ4n) is 5.24. The van der Waals surface area contributed by atoms with Crippen LogP contribution in [0.3, 0.4) is 0 Å². The average Bonchev–Trinajstić information content (AvgIpc) is 3.45. The Morgan fingerprint density at radius 3 is 0.925 bits per heavy atom. The van der Waals surface area contributed by atoms with Gasteiger partial charge < -0.3 is 10.2 Å². The molecule has 0 amide bonds. The first-order chi connectivity index (χ1) is 18.2. The molecule has 4 heteroatoms. The lowest BCUT2D eigenvalue weighted by Crippen LogP contribution is -2.21. The van der Waals surface area contributed by atoms with Crippen LogP contribution in [-0.4, -0.2) is 0 Å². The van der Waals surface area contributed by atoms with Crippen molar-refractivity contribution in [2.45, 2.75) is 105 Å². The summed E-state index contributed by atoms with van der Waals surface area (Å²) < 4.78 is 0. The summed E-state index contributed by atoms with van der Waals surface area (Å²) in [7, 11) is 0. The summed E-state index contributed by atoms with van der Waals surface area (Å²) in [5, 5.41) is 31.4. The molecule has 214 valence electrons. The Morgan fingerprint density at radius 1 is 0.450 bits per heavy atom. The lowest BCUT2D eigenvalue weighted by Gasteiger charge is -2.34. The standard InChI is InChI=1S/C36H46O2S2/c1-33(2,3)25-17-21(18-26(29(25)37)34(4,5)6)31-23(13-15-39-31)24-14-16-40-32(24)22-19-27(35(7,8)9)30(38)28(20-22)36(10,11)12/h13-20,37-38H,1-12H3/p-2. The minimum absolute atomic E-state index is 0.153. The molecule has 0 aliphatic heterocycles. The van der Waals surface area contributed by atoms with E-state index in [0.717, 1.165) is 33.4 Å². The molecule has 2 aromatic carbocycles. The Morgan fingerprint density at radius 2 is 0.700 bits per heavy atom. The highest BCUT2D eigenvalue weighted by Gasteiger charge is 2.26. The van der Waals surface area contributed by atoms with Gasteiger partial charge in [-0.15, -0.1) is 34.2 Å². The first-order valence-corrected chi connectivity index (χ1v) is 15.9. The minimum Gasteiger partial charge on any atom is -0.872 e. The van der Waals surface area contributed by atoms with Crippen LogP contribution in [-0.2, 0) is 21.7 Å². The second-order valence-electron chi connectivity index (χ2n) is 15.1. The van der Waals surface area contributed by atoms with Crippen LogP contribution in [0, 0.1) is 0 Å². The lowest BCUT2D eigenvalue weighted by atomic mass is 9.77. The van der Waals surface area contributed by atoms with E-state index in [9.17, 15) is 10.2 Å². The summed E-state index contributed by atoms with van der Waals surface area (Å²) in [5.74, 6) is 0.306. The summed E-state index contributed by atoms with van der Waals surface area (Å²) in [6.45, 7) is 25.4. The molecule has 0 saturated heterocycles. The van der Waals surface area contributed by atoms with Gasteiger partial charge in [0.25, 0.3) is 0 Å². The maximum atomic E-state index is 13.6. The smallest absolute Gasteiger partial charge is 0.0421 e. The fourth-order valence-corrected chi connectivity index (χ4v) is 7.04. The van der Waals surface area contributed by atoms with Gasteiger partial charge in [0.2, 0.25) is 0 Å². The summed E-state index contributed by atoms with van der Waals surface area (Å²) in [6.07, 6.45) is 0. The van der Waals surface area contributed by atoms with Crippen molar-refractivity contribution in [3.8, 4) is 43.5 Å². The van der Waals surface area contributed by atoms with E-state index in [1.807, 2.05) is 0 Å². The number of thiophene rings is 2. The number of hydrogen-bond donors (Lipinski definition) is 0. The molecule has 4 rings (SSSR count). The van der Waals surface area contributed by atoms with Crippen molar-refractivity contribution in [3.05, 3.63) is 69.4 Å². The van der Waals surface area contributed by atoms with Crippen LogP contribution in [0.1, 0.15) is 105 Å². The van der Waals surface area contributed by atoms with Crippen molar-refractivity contribution in [3.63, 3.8) is 0 Å². The molecule has 0 bridgehead atoms. The van der Waals surface area contributed by atoms with Gasteiger partial charge >= 0.3 is 0 Å². The molecule has 0 spiro atoms. The third kappa shape index (κ3) is 5.76. The predicted molar refractivity (Wildman–Crippen MR) is 172 cm³/mol. The molecule has 2 aromatic heterocycles. The molecule has 0 unspecified atom stereocenters. The van der Waals surface area contributed by atoms with Crippen LogP contribution >= 0.6 is 22.7 Å². The lowest BCUT2D eigenvalue weighted by molar-refractivity contribution is -0.272. The van der Waals surface area contributed by atoms with Gasteiger partial charge in [-0.3, -0.25) is 0 Å². The van der Waals surface area contributed by atoms with Crippen molar-refractivity contribution < 1.29 is 10.2 Å². The largest absolute Gasteiger partial charge is 0.872 e. The van der Waals surface area contributed by atoms with Crippen molar-refractivity contribution >= 4 is 22.7 Å². The minimum atomic E-state index is -0.259.